The van der Waals surface area contributed by atoms with Crippen molar-refractivity contribution in [3.8, 4) is 0 Å². The Morgan fingerprint density at radius 1 is 0.891 bits per heavy atom. The molecule has 14 heteroatoms. The van der Waals surface area contributed by atoms with Crippen molar-refractivity contribution in [1.82, 2.24) is 20.5 Å². The highest BCUT2D eigenvalue weighted by Crippen LogP contribution is 2.46. The summed E-state index contributed by atoms with van der Waals surface area (Å²) in [5.41, 5.74) is 8.54. The lowest BCUT2D eigenvalue weighted by atomic mass is 9.80. The van der Waals surface area contributed by atoms with E-state index < -0.39 is 34.8 Å². The minimum absolute atomic E-state index is 0.134. The maximum Gasteiger partial charge on any atom is 0.352 e. The number of rotatable bonds is 11. The molecule has 0 unspecified atom stereocenters. The summed E-state index contributed by atoms with van der Waals surface area (Å²) < 4.78 is 0. The Hall–Kier alpha value is -6.51. The zero-order chi connectivity index (χ0) is 38.1. The molecule has 5 N–H and O–H groups in total. The topological polar surface area (TPSA) is 176 Å². The van der Waals surface area contributed by atoms with E-state index in [-0.39, 0.29) is 40.4 Å². The number of nitrogens with zero attached hydrogens (tertiary/aromatic N) is 3. The fourth-order valence-corrected chi connectivity index (χ4v) is 8.90. The quantitative estimate of drug-likeness (QED) is 0.0486. The zero-order valence-electron chi connectivity index (χ0n) is 28.9. The average Bonchev–Trinajstić information content (AvgIpc) is 3.66. The molecule has 4 heterocycles. The lowest BCUT2D eigenvalue weighted by molar-refractivity contribution is -0.150. The molecule has 2 saturated heterocycles. The van der Waals surface area contributed by atoms with Gasteiger partial charge in [0, 0.05) is 45.5 Å². The molecule has 0 radical (unpaired) electrons. The van der Waals surface area contributed by atoms with Gasteiger partial charge >= 0.3 is 5.97 Å². The van der Waals surface area contributed by atoms with Crippen molar-refractivity contribution in [3.63, 3.8) is 0 Å². The number of anilines is 1. The predicted molar refractivity (Wildman–Crippen MR) is 209 cm³/mol. The summed E-state index contributed by atoms with van der Waals surface area (Å²) in [4.78, 5) is 65.8. The third-order valence-corrected chi connectivity index (χ3v) is 11.6. The van der Waals surface area contributed by atoms with Gasteiger partial charge in [-0.15, -0.1) is 23.1 Å². The van der Waals surface area contributed by atoms with Crippen molar-refractivity contribution < 1.29 is 29.1 Å². The number of nitrogens with one attached hydrogen (secondary N) is 2. The van der Waals surface area contributed by atoms with Gasteiger partial charge < -0.3 is 26.3 Å². The van der Waals surface area contributed by atoms with Crippen molar-refractivity contribution in [3.05, 3.63) is 171 Å². The van der Waals surface area contributed by atoms with Gasteiger partial charge in [-0.2, -0.15) is 0 Å². The van der Waals surface area contributed by atoms with Crippen molar-refractivity contribution in [1.29, 1.82) is 0 Å². The number of carbonyl (C=O) groups is 4. The van der Waals surface area contributed by atoms with Gasteiger partial charge in [0.2, 0.25) is 11.5 Å². The van der Waals surface area contributed by atoms with Gasteiger partial charge in [-0.3, -0.25) is 19.3 Å². The molecular weight excluding hydrogens is 737 g/mol. The Labute approximate surface area is 323 Å². The SMILES string of the molecule is Nc1nc(C(=NOC(c2ccccc2)(c2ccccc2)c2ccccc2)C(=O)N[C@@H]2C(=O)N3C(C(=O)O)=C(C(=C4CNC4=O)c4ccccc4)CS[C@H]23)cs1. The van der Waals surface area contributed by atoms with Crippen LogP contribution in [0, 0.1) is 0 Å². The van der Waals surface area contributed by atoms with Crippen LogP contribution in [0.25, 0.3) is 5.57 Å². The van der Waals surface area contributed by atoms with E-state index in [1.807, 2.05) is 97.1 Å². The summed E-state index contributed by atoms with van der Waals surface area (Å²) in [6.07, 6.45) is 0. The Kier molecular flexibility index (Phi) is 9.51. The first kappa shape index (κ1) is 35.5. The molecule has 55 heavy (non-hydrogen) atoms. The minimum Gasteiger partial charge on any atom is -0.477 e. The molecule has 0 aliphatic carbocycles. The molecule has 12 nitrogen and oxygen atoms in total. The molecule has 3 amide bonds. The fraction of sp³-hybridized carbons (Fsp3) is 0.122. The second-order valence-electron chi connectivity index (χ2n) is 12.8. The van der Waals surface area contributed by atoms with Gasteiger partial charge in [-0.1, -0.05) is 126 Å². The van der Waals surface area contributed by atoms with E-state index in [2.05, 4.69) is 20.8 Å². The van der Waals surface area contributed by atoms with E-state index in [9.17, 15) is 24.3 Å². The molecule has 4 aromatic carbocycles. The summed E-state index contributed by atoms with van der Waals surface area (Å²) in [6.45, 7) is 0.269. The molecule has 2 atom stereocenters. The maximum atomic E-state index is 14.3. The van der Waals surface area contributed by atoms with Crippen LogP contribution in [0.1, 0.15) is 27.9 Å². The highest BCUT2D eigenvalue weighted by Gasteiger charge is 2.55. The highest BCUT2D eigenvalue weighted by molar-refractivity contribution is 8.00. The second kappa shape index (κ2) is 14.7. The number of β-lactam (4-membered cyclic amide) rings is 2. The van der Waals surface area contributed by atoms with E-state index in [1.165, 1.54) is 16.7 Å². The van der Waals surface area contributed by atoms with Crippen LogP contribution in [0.3, 0.4) is 0 Å². The van der Waals surface area contributed by atoms with Crippen molar-refractivity contribution >= 4 is 63.2 Å². The largest absolute Gasteiger partial charge is 0.477 e. The first-order valence-electron chi connectivity index (χ1n) is 17.2. The molecule has 3 aliphatic heterocycles. The first-order chi connectivity index (χ1) is 26.8. The van der Waals surface area contributed by atoms with Crippen LogP contribution in [0.2, 0.25) is 0 Å². The Bertz CT molecular complexity index is 2300. The minimum atomic E-state index is -1.32. The highest BCUT2D eigenvalue weighted by atomic mass is 32.2. The summed E-state index contributed by atoms with van der Waals surface area (Å²) in [5.74, 6) is -2.84. The molecule has 0 bridgehead atoms. The number of thioether (sulfide) groups is 1. The number of amides is 3. The number of carboxylic acid groups (broad SMARTS) is 1. The number of oxime groups is 1. The van der Waals surface area contributed by atoms with E-state index in [0.29, 0.717) is 22.3 Å². The standard InChI is InChI=1S/C41H32N6O6S2/c42-40-44-30(23-55-40)32(46-53-41(25-15-7-2-8-16-25,26-17-9-3-10-18-26)27-19-11-4-12-20-27)36(49)45-33-37(50)47-34(39(51)52)29(22-54-38(33)47)31(28-21-43-35(28)48)24-13-5-1-6-14-24/h1-20,23,33,38H,21-22H2,(H2,42,44)(H,43,48)(H,45,49)(H,51,52)/t33-,38-/m1/s1. The van der Waals surface area contributed by atoms with Gasteiger partial charge in [0.1, 0.15) is 22.8 Å². The monoisotopic (exact) mass is 768 g/mol. The Balaban J connectivity index is 1.15. The smallest absolute Gasteiger partial charge is 0.352 e. The Morgan fingerprint density at radius 2 is 1.45 bits per heavy atom. The molecule has 5 aromatic rings. The van der Waals surface area contributed by atoms with Gasteiger partial charge in [-0.05, 0) is 11.1 Å². The van der Waals surface area contributed by atoms with Crippen LogP contribution in [0.4, 0.5) is 5.13 Å². The number of aromatic nitrogens is 1. The lowest BCUT2D eigenvalue weighted by Gasteiger charge is -2.49. The van der Waals surface area contributed by atoms with Crippen LogP contribution < -0.4 is 16.4 Å². The number of fused-ring (bicyclic) bond motifs is 1. The zero-order valence-corrected chi connectivity index (χ0v) is 30.6. The predicted octanol–water partition coefficient (Wildman–Crippen LogP) is 4.76. The number of carboxylic acids is 1. The molecule has 8 rings (SSSR count). The number of carbonyl (C=O) groups excluding carboxylic acids is 3. The van der Waals surface area contributed by atoms with Gasteiger partial charge in [-0.25, -0.2) is 9.78 Å². The maximum absolute atomic E-state index is 14.3. The van der Waals surface area contributed by atoms with E-state index >= 15 is 0 Å². The molecule has 274 valence electrons. The number of thiazole rings is 1. The Morgan fingerprint density at radius 3 is 1.93 bits per heavy atom. The third kappa shape index (κ3) is 6.34. The average molecular weight is 769 g/mol. The molecule has 1 aromatic heterocycles. The summed E-state index contributed by atoms with van der Waals surface area (Å²) in [7, 11) is 0. The van der Waals surface area contributed by atoms with E-state index in [0.717, 1.165) is 28.0 Å². The second-order valence-corrected chi connectivity index (χ2v) is 14.8. The van der Waals surface area contributed by atoms with Gasteiger partial charge in [0.15, 0.2) is 10.8 Å². The fourth-order valence-electron chi connectivity index (χ4n) is 7.00. The van der Waals surface area contributed by atoms with Crippen molar-refractivity contribution in [2.45, 2.75) is 17.0 Å². The van der Waals surface area contributed by atoms with Gasteiger partial charge in [0.05, 0.1) is 0 Å². The number of nitrogen functional groups attached to an aromatic ring is 1. The van der Waals surface area contributed by atoms with Crippen LogP contribution in [0.5, 0.6) is 0 Å². The molecule has 2 fully saturated rings. The number of allylic oxidation sites excluding steroid dienone is 1. The first-order valence-corrected chi connectivity index (χ1v) is 19.1. The van der Waals surface area contributed by atoms with Crippen molar-refractivity contribution in [2.75, 3.05) is 18.0 Å². The van der Waals surface area contributed by atoms with E-state index in [1.54, 1.807) is 29.6 Å². The van der Waals surface area contributed by atoms with E-state index in [4.69, 9.17) is 10.6 Å². The number of hydrogen-bond donors (Lipinski definition) is 4. The summed E-state index contributed by atoms with van der Waals surface area (Å²) in [6, 6.07) is 36.4. The summed E-state index contributed by atoms with van der Waals surface area (Å²) in [5, 5.41) is 21.5. The van der Waals surface area contributed by atoms with Crippen LogP contribution in [-0.4, -0.2) is 68.1 Å². The number of nitrogens with two attached hydrogens (primary N) is 1. The molecule has 0 spiro atoms. The third-order valence-electron chi connectivity index (χ3n) is 9.62. The summed E-state index contributed by atoms with van der Waals surface area (Å²) >= 11 is 2.40. The number of benzene rings is 4. The number of aliphatic carboxylic acids is 1. The molecule has 3 aliphatic rings. The lowest BCUT2D eigenvalue weighted by Crippen LogP contribution is -2.71. The van der Waals surface area contributed by atoms with Gasteiger partial charge in [0.25, 0.3) is 11.8 Å². The van der Waals surface area contributed by atoms with Crippen LogP contribution >= 0.6 is 23.1 Å². The number of hydrogen-bond acceptors (Lipinski definition) is 10. The van der Waals surface area contributed by atoms with Crippen LogP contribution in [0.15, 0.2) is 149 Å². The van der Waals surface area contributed by atoms with Crippen molar-refractivity contribution in [2.24, 2.45) is 5.16 Å². The van der Waals surface area contributed by atoms with Crippen LogP contribution in [-0.2, 0) is 29.6 Å². The molecule has 0 saturated carbocycles. The molecular formula is C41H32N6O6S2. The normalized spacial score (nSPS) is 19.1.